The Labute approximate surface area is 203 Å². The molecule has 0 aliphatic carbocycles. The maximum Gasteiger partial charge on any atom is 0.239 e. The van der Waals surface area contributed by atoms with Crippen LogP contribution in [0.25, 0.3) is 0 Å². The summed E-state index contributed by atoms with van der Waals surface area (Å²) in [4.78, 5) is 26.0. The molecule has 2 aliphatic rings. The van der Waals surface area contributed by atoms with Crippen molar-refractivity contribution in [3.8, 4) is 0 Å². The summed E-state index contributed by atoms with van der Waals surface area (Å²) in [7, 11) is 3.69. The molecular weight excluding hydrogens is 509 g/mol. The highest BCUT2D eigenvalue weighted by atomic mass is 127. The summed E-state index contributed by atoms with van der Waals surface area (Å²) in [5.41, 5.74) is 0.983. The second-order valence-corrected chi connectivity index (χ2v) is 8.27. The van der Waals surface area contributed by atoms with Crippen LogP contribution in [-0.2, 0) is 11.3 Å². The maximum atomic E-state index is 12.3. The summed E-state index contributed by atoms with van der Waals surface area (Å²) in [6.45, 7) is 10.4. The van der Waals surface area contributed by atoms with Crippen LogP contribution in [0.4, 0.5) is 0 Å². The lowest BCUT2D eigenvalue weighted by Gasteiger charge is -2.36. The summed E-state index contributed by atoms with van der Waals surface area (Å²) >= 11 is 0. The van der Waals surface area contributed by atoms with Crippen molar-refractivity contribution in [3.63, 3.8) is 0 Å². The number of rotatable bonds is 8. The van der Waals surface area contributed by atoms with Gasteiger partial charge >= 0.3 is 0 Å². The third-order valence-electron chi connectivity index (χ3n) is 5.84. The van der Waals surface area contributed by atoms with Crippen molar-refractivity contribution in [1.82, 2.24) is 30.1 Å². The van der Waals surface area contributed by atoms with E-state index in [1.54, 1.807) is 11.2 Å². The molecule has 2 saturated heterocycles. The molecule has 1 aromatic rings. The van der Waals surface area contributed by atoms with Crippen LogP contribution in [0.2, 0.25) is 0 Å². The van der Waals surface area contributed by atoms with Gasteiger partial charge in [0.2, 0.25) is 5.91 Å². The van der Waals surface area contributed by atoms with Gasteiger partial charge in [-0.15, -0.1) is 24.0 Å². The minimum Gasteiger partial charge on any atom is -0.364 e. The molecule has 1 N–H and O–H groups in total. The number of nitrogens with one attached hydrogen (secondary N) is 1. The Morgan fingerprint density at radius 3 is 2.71 bits per heavy atom. The Hall–Kier alpha value is -1.40. The second-order valence-electron chi connectivity index (χ2n) is 8.27. The van der Waals surface area contributed by atoms with Gasteiger partial charge in [0.25, 0.3) is 0 Å². The van der Waals surface area contributed by atoms with Gasteiger partial charge in [-0.25, -0.2) is 0 Å². The number of hydrogen-bond acceptors (Lipinski definition) is 6. The molecule has 1 amide bonds. The van der Waals surface area contributed by atoms with Gasteiger partial charge in [-0.1, -0.05) is 5.16 Å². The summed E-state index contributed by atoms with van der Waals surface area (Å²) in [6, 6.07) is 1.98. The highest BCUT2D eigenvalue weighted by molar-refractivity contribution is 14.0. The van der Waals surface area contributed by atoms with Gasteiger partial charge in [0.15, 0.2) is 5.96 Å². The number of nitrogens with zero attached hydrogens (tertiary/aromatic N) is 6. The van der Waals surface area contributed by atoms with Crippen molar-refractivity contribution in [2.75, 3.05) is 66.5 Å². The zero-order valence-corrected chi connectivity index (χ0v) is 21.5. The second kappa shape index (κ2) is 13.2. The van der Waals surface area contributed by atoms with Crippen molar-refractivity contribution >= 4 is 35.8 Å². The minimum atomic E-state index is 0. The molecule has 3 heterocycles. The maximum absolute atomic E-state index is 12.3. The molecule has 0 saturated carbocycles. The van der Waals surface area contributed by atoms with Crippen LogP contribution in [0, 0.1) is 0 Å². The fraction of sp³-hybridized carbons (Fsp3) is 0.762. The van der Waals surface area contributed by atoms with Gasteiger partial charge in [-0.3, -0.25) is 19.6 Å². The molecule has 3 rings (SSSR count). The van der Waals surface area contributed by atoms with E-state index in [9.17, 15) is 4.79 Å². The van der Waals surface area contributed by atoms with Gasteiger partial charge in [0, 0.05) is 72.5 Å². The van der Waals surface area contributed by atoms with E-state index in [0.29, 0.717) is 0 Å². The highest BCUT2D eigenvalue weighted by Crippen LogP contribution is 2.18. The number of likely N-dealkylation sites (tertiary alicyclic amines) is 1. The molecular formula is C21H38IN7O2. The number of piperazine rings is 1. The number of hydrogen-bond donors (Lipinski definition) is 1. The zero-order valence-electron chi connectivity index (χ0n) is 19.1. The van der Waals surface area contributed by atoms with Crippen molar-refractivity contribution in [1.29, 1.82) is 0 Å². The fourth-order valence-electron chi connectivity index (χ4n) is 4.22. The SMILES string of the molecule is CCNC(=NCCCN1CCCC1C(=O)N(C)C)N1CCN(Cc2ccon2)CC1.I. The topological polar surface area (TPSA) is 80.5 Å². The Bertz CT molecular complexity index is 675. The predicted molar refractivity (Wildman–Crippen MR) is 133 cm³/mol. The van der Waals surface area contributed by atoms with Crippen LogP contribution < -0.4 is 5.32 Å². The number of carbonyl (C=O) groups is 1. The molecule has 0 spiro atoms. The summed E-state index contributed by atoms with van der Waals surface area (Å²) in [6.07, 6.45) is 4.68. The Balaban J connectivity index is 0.00000341. The monoisotopic (exact) mass is 547 g/mol. The molecule has 1 atom stereocenters. The number of likely N-dealkylation sites (N-methyl/N-ethyl adjacent to an activating group) is 1. The fourth-order valence-corrected chi connectivity index (χ4v) is 4.22. The van der Waals surface area contributed by atoms with E-state index in [0.717, 1.165) is 89.8 Å². The largest absolute Gasteiger partial charge is 0.364 e. The Kier molecular flexibility index (Phi) is 11.0. The van der Waals surface area contributed by atoms with Crippen LogP contribution in [0.15, 0.2) is 21.8 Å². The molecule has 2 aliphatic heterocycles. The summed E-state index contributed by atoms with van der Waals surface area (Å²) in [5.74, 6) is 1.23. The molecule has 0 aromatic carbocycles. The quantitative estimate of drug-likeness (QED) is 0.228. The highest BCUT2D eigenvalue weighted by Gasteiger charge is 2.31. The molecule has 0 bridgehead atoms. The molecule has 176 valence electrons. The first-order valence-electron chi connectivity index (χ1n) is 11.2. The minimum absolute atomic E-state index is 0. The molecule has 31 heavy (non-hydrogen) atoms. The zero-order chi connectivity index (χ0) is 21.3. The first kappa shape index (κ1) is 25.9. The van der Waals surface area contributed by atoms with Gasteiger partial charge < -0.3 is 19.6 Å². The summed E-state index contributed by atoms with van der Waals surface area (Å²) < 4.78 is 4.93. The van der Waals surface area contributed by atoms with E-state index in [1.165, 1.54) is 0 Å². The molecule has 10 heteroatoms. The first-order chi connectivity index (χ1) is 14.6. The Morgan fingerprint density at radius 2 is 2.06 bits per heavy atom. The van der Waals surface area contributed by atoms with Crippen molar-refractivity contribution < 1.29 is 9.32 Å². The summed E-state index contributed by atoms with van der Waals surface area (Å²) in [5, 5.41) is 7.45. The van der Waals surface area contributed by atoms with Crippen molar-refractivity contribution in [2.24, 2.45) is 4.99 Å². The van der Waals surface area contributed by atoms with E-state index in [-0.39, 0.29) is 35.9 Å². The van der Waals surface area contributed by atoms with E-state index < -0.39 is 0 Å². The third-order valence-corrected chi connectivity index (χ3v) is 5.84. The third kappa shape index (κ3) is 7.60. The van der Waals surface area contributed by atoms with Gasteiger partial charge in [-0.2, -0.15) is 0 Å². The average Bonchev–Trinajstić information content (AvgIpc) is 3.42. The van der Waals surface area contributed by atoms with E-state index >= 15 is 0 Å². The number of aliphatic imine (C=N–C) groups is 1. The van der Waals surface area contributed by atoms with Gasteiger partial charge in [0.1, 0.15) is 6.26 Å². The van der Waals surface area contributed by atoms with Crippen LogP contribution in [0.1, 0.15) is 31.9 Å². The molecule has 1 aromatic heterocycles. The number of aromatic nitrogens is 1. The lowest BCUT2D eigenvalue weighted by Crippen LogP contribution is -2.52. The van der Waals surface area contributed by atoms with E-state index in [2.05, 4.69) is 32.1 Å². The van der Waals surface area contributed by atoms with Gasteiger partial charge in [-0.05, 0) is 32.7 Å². The predicted octanol–water partition coefficient (Wildman–Crippen LogP) is 1.32. The van der Waals surface area contributed by atoms with Crippen LogP contribution in [0.3, 0.4) is 0 Å². The van der Waals surface area contributed by atoms with Crippen LogP contribution in [-0.4, -0.2) is 109 Å². The number of halogens is 1. The van der Waals surface area contributed by atoms with E-state index in [4.69, 9.17) is 9.52 Å². The number of amides is 1. The van der Waals surface area contributed by atoms with Crippen LogP contribution >= 0.6 is 24.0 Å². The Morgan fingerprint density at radius 1 is 1.29 bits per heavy atom. The molecule has 0 radical (unpaired) electrons. The molecule has 2 fully saturated rings. The average molecular weight is 547 g/mol. The number of carbonyl (C=O) groups excluding carboxylic acids is 1. The van der Waals surface area contributed by atoms with Gasteiger partial charge in [0.05, 0.1) is 11.7 Å². The van der Waals surface area contributed by atoms with Crippen LogP contribution in [0.5, 0.6) is 0 Å². The first-order valence-corrected chi connectivity index (χ1v) is 11.2. The molecule has 1 unspecified atom stereocenters. The number of guanidine groups is 1. The molecule has 9 nitrogen and oxygen atoms in total. The lowest BCUT2D eigenvalue weighted by atomic mass is 10.2. The van der Waals surface area contributed by atoms with Crippen molar-refractivity contribution in [3.05, 3.63) is 18.0 Å². The van der Waals surface area contributed by atoms with Crippen molar-refractivity contribution in [2.45, 2.75) is 38.8 Å². The lowest BCUT2D eigenvalue weighted by molar-refractivity contribution is -0.133. The standard InChI is InChI=1S/C21H37N7O2.HI/c1-4-22-21(28-14-12-26(13-15-28)17-18-8-16-30-24-18)23-9-6-11-27-10-5-7-19(27)20(29)25(2)3;/h8,16,19H,4-7,9-15,17H2,1-3H3,(H,22,23);1H. The van der Waals surface area contributed by atoms with E-state index in [1.807, 2.05) is 20.2 Å². The smallest absolute Gasteiger partial charge is 0.239 e. The normalized spacial score (nSPS) is 20.5.